The fraction of sp³-hybridized carbons (Fsp3) is 0.417. The van der Waals surface area contributed by atoms with Gasteiger partial charge in [-0.1, -0.05) is 0 Å². The molecule has 1 aromatic carbocycles. The highest BCUT2D eigenvalue weighted by atomic mass is 35.5. The van der Waals surface area contributed by atoms with Crippen molar-refractivity contribution >= 4 is 17.5 Å². The van der Waals surface area contributed by atoms with E-state index in [1.165, 1.54) is 4.90 Å². The Bertz CT molecular complexity index is 389. The summed E-state index contributed by atoms with van der Waals surface area (Å²) in [4.78, 5) is 13.5. The third kappa shape index (κ3) is 3.66. The number of hydrogen-bond donors (Lipinski definition) is 0. The monoisotopic (exact) mass is 261 g/mol. The zero-order valence-electron chi connectivity index (χ0n) is 9.71. The zero-order valence-corrected chi connectivity index (χ0v) is 10.5. The molecule has 0 atom stereocenters. The summed E-state index contributed by atoms with van der Waals surface area (Å²) in [6.07, 6.45) is 0. The number of benzene rings is 1. The Labute approximate surface area is 104 Å². The van der Waals surface area contributed by atoms with Crippen LogP contribution in [0.25, 0.3) is 0 Å². The second-order valence-electron chi connectivity index (χ2n) is 3.94. The quantitative estimate of drug-likeness (QED) is 0.763. The molecule has 0 aromatic heterocycles. The summed E-state index contributed by atoms with van der Waals surface area (Å²) in [5, 5.41) is 0. The summed E-state index contributed by atoms with van der Waals surface area (Å²) in [5.74, 6) is -1.66. The first-order chi connectivity index (χ1) is 7.95. The van der Waals surface area contributed by atoms with Gasteiger partial charge in [0.25, 0.3) is 5.91 Å². The molecule has 1 aromatic rings. The molecule has 17 heavy (non-hydrogen) atoms. The van der Waals surface area contributed by atoms with Gasteiger partial charge in [0, 0.05) is 30.1 Å². The minimum Gasteiger partial charge on any atom is -0.335 e. The van der Waals surface area contributed by atoms with E-state index in [1.807, 2.05) is 13.8 Å². The number of carbonyl (C=O) groups excluding carboxylic acids is 1. The van der Waals surface area contributed by atoms with Gasteiger partial charge in [0.05, 0.1) is 0 Å². The van der Waals surface area contributed by atoms with Crippen LogP contribution in [0.2, 0.25) is 0 Å². The van der Waals surface area contributed by atoms with Gasteiger partial charge in [-0.15, -0.1) is 11.6 Å². The average Bonchev–Trinajstić information content (AvgIpc) is 2.23. The zero-order chi connectivity index (χ0) is 13.0. The van der Waals surface area contributed by atoms with Crippen molar-refractivity contribution in [1.29, 1.82) is 0 Å². The lowest BCUT2D eigenvalue weighted by Gasteiger charge is -2.26. The molecule has 0 saturated carbocycles. The van der Waals surface area contributed by atoms with Crippen LogP contribution < -0.4 is 0 Å². The van der Waals surface area contributed by atoms with Crippen molar-refractivity contribution in [2.24, 2.45) is 0 Å². The van der Waals surface area contributed by atoms with Crippen molar-refractivity contribution in [3.8, 4) is 0 Å². The highest BCUT2D eigenvalue weighted by molar-refractivity contribution is 6.18. The minimum absolute atomic E-state index is 0.00122. The van der Waals surface area contributed by atoms with E-state index in [9.17, 15) is 13.6 Å². The maximum atomic E-state index is 13.0. The summed E-state index contributed by atoms with van der Waals surface area (Å²) in [7, 11) is 0. The molecular weight excluding hydrogens is 248 g/mol. The van der Waals surface area contributed by atoms with E-state index >= 15 is 0 Å². The molecule has 1 amide bonds. The summed E-state index contributed by atoms with van der Waals surface area (Å²) in [5.41, 5.74) is 0.00122. The van der Waals surface area contributed by atoms with Gasteiger partial charge < -0.3 is 4.90 Å². The van der Waals surface area contributed by atoms with Crippen LogP contribution >= 0.6 is 11.6 Å². The van der Waals surface area contributed by atoms with Crippen molar-refractivity contribution in [2.45, 2.75) is 19.9 Å². The molecule has 0 aliphatic heterocycles. The van der Waals surface area contributed by atoms with Crippen LogP contribution in [0.5, 0.6) is 0 Å². The van der Waals surface area contributed by atoms with Crippen molar-refractivity contribution in [2.75, 3.05) is 12.4 Å². The highest BCUT2D eigenvalue weighted by Crippen LogP contribution is 2.12. The molecule has 5 heteroatoms. The molecule has 0 N–H and O–H groups in total. The van der Waals surface area contributed by atoms with Gasteiger partial charge in [0.2, 0.25) is 0 Å². The van der Waals surface area contributed by atoms with Gasteiger partial charge in [0.15, 0.2) is 0 Å². The number of halogens is 3. The van der Waals surface area contributed by atoms with E-state index in [4.69, 9.17) is 11.6 Å². The first kappa shape index (κ1) is 13.9. The fourth-order valence-corrected chi connectivity index (χ4v) is 1.71. The Balaban J connectivity index is 3.00. The van der Waals surface area contributed by atoms with Gasteiger partial charge in [0.1, 0.15) is 11.6 Å². The van der Waals surface area contributed by atoms with Crippen molar-refractivity contribution in [3.63, 3.8) is 0 Å². The summed E-state index contributed by atoms with van der Waals surface area (Å²) in [6, 6.07) is 2.70. The van der Waals surface area contributed by atoms with Gasteiger partial charge in [-0.25, -0.2) is 8.78 Å². The fourth-order valence-electron chi connectivity index (χ4n) is 1.53. The van der Waals surface area contributed by atoms with Crippen LogP contribution in [0.3, 0.4) is 0 Å². The lowest BCUT2D eigenvalue weighted by atomic mass is 10.1. The second-order valence-corrected chi connectivity index (χ2v) is 4.32. The molecule has 1 rings (SSSR count). The molecule has 0 radical (unpaired) electrons. The third-order valence-electron chi connectivity index (χ3n) is 2.32. The minimum atomic E-state index is -0.761. The smallest absolute Gasteiger partial charge is 0.254 e. The van der Waals surface area contributed by atoms with E-state index in [1.54, 1.807) is 0 Å². The number of hydrogen-bond acceptors (Lipinski definition) is 1. The Morgan fingerprint density at radius 3 is 2.24 bits per heavy atom. The summed E-state index contributed by atoms with van der Waals surface area (Å²) < 4.78 is 26.0. The molecule has 0 unspecified atom stereocenters. The van der Waals surface area contributed by atoms with Gasteiger partial charge in [-0.3, -0.25) is 4.79 Å². The number of carbonyl (C=O) groups is 1. The second kappa shape index (κ2) is 5.96. The first-order valence-electron chi connectivity index (χ1n) is 5.28. The van der Waals surface area contributed by atoms with Crippen molar-refractivity contribution in [3.05, 3.63) is 35.4 Å². The maximum Gasteiger partial charge on any atom is 0.254 e. The molecule has 0 aliphatic rings. The van der Waals surface area contributed by atoms with E-state index in [0.29, 0.717) is 6.54 Å². The SMILES string of the molecule is CC(C)N(CCCl)C(=O)c1cc(F)cc(F)c1. The predicted molar refractivity (Wildman–Crippen MR) is 63.3 cm³/mol. The molecular formula is C12H14ClF2NO. The first-order valence-corrected chi connectivity index (χ1v) is 5.82. The van der Waals surface area contributed by atoms with Gasteiger partial charge in [-0.2, -0.15) is 0 Å². The van der Waals surface area contributed by atoms with Crippen molar-refractivity contribution in [1.82, 2.24) is 4.90 Å². The lowest BCUT2D eigenvalue weighted by Crippen LogP contribution is -2.38. The Morgan fingerprint density at radius 1 is 1.29 bits per heavy atom. The van der Waals surface area contributed by atoms with Crippen LogP contribution in [0.15, 0.2) is 18.2 Å². The molecule has 94 valence electrons. The third-order valence-corrected chi connectivity index (χ3v) is 2.49. The highest BCUT2D eigenvalue weighted by Gasteiger charge is 2.19. The molecule has 0 bridgehead atoms. The van der Waals surface area contributed by atoms with E-state index in [-0.39, 0.29) is 17.5 Å². The molecule has 0 spiro atoms. The van der Waals surface area contributed by atoms with Crippen LogP contribution in [0.4, 0.5) is 8.78 Å². The largest absolute Gasteiger partial charge is 0.335 e. The number of amides is 1. The van der Waals surface area contributed by atoms with Crippen LogP contribution in [-0.4, -0.2) is 29.3 Å². The van der Waals surface area contributed by atoms with E-state index < -0.39 is 17.5 Å². The number of rotatable bonds is 4. The number of nitrogens with zero attached hydrogens (tertiary/aromatic N) is 1. The van der Waals surface area contributed by atoms with Crippen molar-refractivity contribution < 1.29 is 13.6 Å². The van der Waals surface area contributed by atoms with Crippen LogP contribution in [0.1, 0.15) is 24.2 Å². The molecule has 0 fully saturated rings. The standard InChI is InChI=1S/C12H14ClF2NO/c1-8(2)16(4-3-13)12(17)9-5-10(14)7-11(15)6-9/h5-8H,3-4H2,1-2H3. The van der Waals surface area contributed by atoms with E-state index in [2.05, 4.69) is 0 Å². The van der Waals surface area contributed by atoms with E-state index in [0.717, 1.165) is 18.2 Å². The lowest BCUT2D eigenvalue weighted by molar-refractivity contribution is 0.0717. The normalized spacial score (nSPS) is 10.7. The summed E-state index contributed by atoms with van der Waals surface area (Å²) >= 11 is 5.59. The molecule has 0 heterocycles. The summed E-state index contributed by atoms with van der Waals surface area (Å²) in [6.45, 7) is 3.98. The molecule has 0 saturated heterocycles. The predicted octanol–water partition coefficient (Wildman–Crippen LogP) is 3.05. The Kier molecular flexibility index (Phi) is 4.87. The Morgan fingerprint density at radius 2 is 1.82 bits per heavy atom. The van der Waals surface area contributed by atoms with Crippen LogP contribution in [0, 0.1) is 11.6 Å². The molecule has 0 aliphatic carbocycles. The van der Waals surface area contributed by atoms with Gasteiger partial charge >= 0.3 is 0 Å². The molecule has 2 nitrogen and oxygen atoms in total. The van der Waals surface area contributed by atoms with Crippen LogP contribution in [-0.2, 0) is 0 Å². The Hall–Kier alpha value is -1.16. The maximum absolute atomic E-state index is 13.0. The average molecular weight is 262 g/mol. The van der Waals surface area contributed by atoms with Gasteiger partial charge in [-0.05, 0) is 26.0 Å². The topological polar surface area (TPSA) is 20.3 Å². The number of alkyl halides is 1.